The molecule has 0 aliphatic carbocycles. The molecule has 0 aromatic heterocycles. The molecule has 378 valence electrons. The number of aliphatic hydroxyl groups excluding tert-OH is 8. The van der Waals surface area contributed by atoms with Crippen molar-refractivity contribution in [2.45, 2.75) is 248 Å². The SMILES string of the molecule is CC/C=C\C/C=C\C/C=C\C/C=C\CCCCC(=O)NC(COC1OC(CO)C(OC2OC(CO)C(O)C(O)C2O)C(O)C1O)C(O)CCCCCCCCCCCCCCCCCC. The molecule has 2 rings (SSSR count). The van der Waals surface area contributed by atoms with E-state index in [1.54, 1.807) is 0 Å². The summed E-state index contributed by atoms with van der Waals surface area (Å²) in [6, 6.07) is -0.850. The molecular weight excluding hydrogens is 835 g/mol. The van der Waals surface area contributed by atoms with Gasteiger partial charge in [0.1, 0.15) is 48.8 Å². The molecule has 2 aliphatic heterocycles. The fraction of sp³-hybridized carbons (Fsp3) is 0.824. The highest BCUT2D eigenvalue weighted by Gasteiger charge is 2.51. The summed E-state index contributed by atoms with van der Waals surface area (Å²) >= 11 is 0. The van der Waals surface area contributed by atoms with Crippen molar-refractivity contribution >= 4 is 5.91 Å². The standard InChI is InChI=1S/C51H91NO13/c1-3-5-7-9-11-13-15-17-19-21-22-24-26-28-30-32-34-40(55)39(52-43(56)35-33-31-29-27-25-23-20-18-16-14-12-10-8-6-4-2)38-62-50-48(61)46(59)49(42(37-54)64-50)65-51-47(60)45(58)44(57)41(36-53)63-51/h6,8,12,14,18,20,25,27,39-42,44-51,53-55,57-61H,3-5,7,9-11,13,15-17,19,21-24,26,28-38H2,1-2H3,(H,52,56)/b8-6-,14-12-,20-18-,27-25-. The molecule has 0 radical (unpaired) electrons. The lowest BCUT2D eigenvalue weighted by molar-refractivity contribution is -0.359. The molecule has 2 aliphatic rings. The van der Waals surface area contributed by atoms with Gasteiger partial charge in [-0.15, -0.1) is 0 Å². The normalized spacial score (nSPS) is 27.4. The van der Waals surface area contributed by atoms with Gasteiger partial charge in [-0.2, -0.15) is 0 Å². The number of aliphatic hydroxyl groups is 8. The Labute approximate surface area is 391 Å². The van der Waals surface area contributed by atoms with Crippen LogP contribution in [0.25, 0.3) is 0 Å². The van der Waals surface area contributed by atoms with Gasteiger partial charge in [-0.25, -0.2) is 0 Å². The van der Waals surface area contributed by atoms with Crippen molar-refractivity contribution in [1.29, 1.82) is 0 Å². The van der Waals surface area contributed by atoms with Crippen LogP contribution in [0, 0.1) is 0 Å². The molecule has 12 atom stereocenters. The van der Waals surface area contributed by atoms with Crippen LogP contribution in [0.15, 0.2) is 48.6 Å². The van der Waals surface area contributed by atoms with Crippen LogP contribution < -0.4 is 5.32 Å². The molecule has 0 spiro atoms. The molecule has 14 heteroatoms. The van der Waals surface area contributed by atoms with E-state index >= 15 is 0 Å². The summed E-state index contributed by atoms with van der Waals surface area (Å²) in [5.41, 5.74) is 0. The number of amides is 1. The van der Waals surface area contributed by atoms with E-state index in [1.807, 2.05) is 0 Å². The van der Waals surface area contributed by atoms with Crippen LogP contribution in [0.1, 0.15) is 174 Å². The lowest BCUT2D eigenvalue weighted by Crippen LogP contribution is -2.65. The summed E-state index contributed by atoms with van der Waals surface area (Å²) in [5, 5.41) is 86.9. The first kappa shape index (κ1) is 59.1. The van der Waals surface area contributed by atoms with Crippen molar-refractivity contribution in [3.8, 4) is 0 Å². The molecule has 0 saturated carbocycles. The summed E-state index contributed by atoms with van der Waals surface area (Å²) in [6.07, 6.45) is 26.8. The number of hydrogen-bond donors (Lipinski definition) is 9. The number of ether oxygens (including phenoxy) is 4. The molecule has 0 aromatic rings. The van der Waals surface area contributed by atoms with E-state index in [4.69, 9.17) is 18.9 Å². The molecule has 0 bridgehead atoms. The molecule has 14 nitrogen and oxygen atoms in total. The van der Waals surface area contributed by atoms with Crippen LogP contribution in [-0.4, -0.2) is 140 Å². The number of allylic oxidation sites excluding steroid dienone is 8. The van der Waals surface area contributed by atoms with Crippen molar-refractivity contribution in [3.05, 3.63) is 48.6 Å². The number of hydrogen-bond acceptors (Lipinski definition) is 13. The second-order valence-electron chi connectivity index (χ2n) is 17.9. The zero-order valence-corrected chi connectivity index (χ0v) is 40.0. The number of rotatable bonds is 38. The Morgan fingerprint density at radius 3 is 1.60 bits per heavy atom. The average Bonchev–Trinajstić information content (AvgIpc) is 3.30. The van der Waals surface area contributed by atoms with Crippen molar-refractivity contribution in [1.82, 2.24) is 5.32 Å². The largest absolute Gasteiger partial charge is 0.394 e. The van der Waals surface area contributed by atoms with Crippen LogP contribution in [0.3, 0.4) is 0 Å². The van der Waals surface area contributed by atoms with Gasteiger partial charge < -0.3 is 65.1 Å². The Morgan fingerprint density at radius 2 is 1.06 bits per heavy atom. The van der Waals surface area contributed by atoms with Gasteiger partial charge in [0.2, 0.25) is 5.91 Å². The smallest absolute Gasteiger partial charge is 0.220 e. The van der Waals surface area contributed by atoms with E-state index in [-0.39, 0.29) is 18.9 Å². The molecule has 2 saturated heterocycles. The second-order valence-corrected chi connectivity index (χ2v) is 17.9. The Kier molecular flexibility index (Phi) is 34.4. The molecular formula is C51H91NO13. The van der Waals surface area contributed by atoms with Gasteiger partial charge >= 0.3 is 0 Å². The summed E-state index contributed by atoms with van der Waals surface area (Å²) in [5.74, 6) is -0.249. The van der Waals surface area contributed by atoms with Crippen molar-refractivity contribution in [2.24, 2.45) is 0 Å². The highest BCUT2D eigenvalue weighted by molar-refractivity contribution is 5.76. The van der Waals surface area contributed by atoms with E-state index in [9.17, 15) is 45.6 Å². The third kappa shape index (κ3) is 25.2. The molecule has 2 heterocycles. The fourth-order valence-electron chi connectivity index (χ4n) is 8.17. The maximum absolute atomic E-state index is 13.2. The predicted octanol–water partition coefficient (Wildman–Crippen LogP) is 6.49. The average molecular weight is 926 g/mol. The van der Waals surface area contributed by atoms with Crippen molar-refractivity contribution in [2.75, 3.05) is 19.8 Å². The Balaban J connectivity index is 1.86. The maximum Gasteiger partial charge on any atom is 0.220 e. The van der Waals surface area contributed by atoms with Gasteiger partial charge in [-0.1, -0.05) is 165 Å². The minimum absolute atomic E-state index is 0.249. The predicted molar refractivity (Wildman–Crippen MR) is 254 cm³/mol. The quantitative estimate of drug-likeness (QED) is 0.0239. The van der Waals surface area contributed by atoms with E-state index in [0.29, 0.717) is 12.8 Å². The van der Waals surface area contributed by atoms with Crippen LogP contribution in [-0.2, 0) is 23.7 Å². The van der Waals surface area contributed by atoms with Crippen molar-refractivity contribution in [3.63, 3.8) is 0 Å². The van der Waals surface area contributed by atoms with Gasteiger partial charge in [-0.3, -0.25) is 4.79 Å². The van der Waals surface area contributed by atoms with Gasteiger partial charge in [0.25, 0.3) is 0 Å². The van der Waals surface area contributed by atoms with Crippen LogP contribution in [0.4, 0.5) is 0 Å². The minimum Gasteiger partial charge on any atom is -0.394 e. The summed E-state index contributed by atoms with van der Waals surface area (Å²) in [6.45, 7) is 2.69. The van der Waals surface area contributed by atoms with E-state index < -0.39 is 86.8 Å². The molecule has 12 unspecified atom stereocenters. The van der Waals surface area contributed by atoms with Gasteiger partial charge in [-0.05, 0) is 51.4 Å². The Hall–Kier alpha value is -2.05. The van der Waals surface area contributed by atoms with Crippen LogP contribution in [0.5, 0.6) is 0 Å². The number of unbranched alkanes of at least 4 members (excludes halogenated alkanes) is 17. The zero-order valence-electron chi connectivity index (χ0n) is 40.0. The lowest BCUT2D eigenvalue weighted by Gasteiger charge is -2.46. The van der Waals surface area contributed by atoms with Gasteiger partial charge in [0.15, 0.2) is 12.6 Å². The fourth-order valence-corrected chi connectivity index (χ4v) is 8.17. The Bertz CT molecular complexity index is 1280. The van der Waals surface area contributed by atoms with E-state index in [1.165, 1.54) is 77.0 Å². The van der Waals surface area contributed by atoms with Crippen molar-refractivity contribution < 1.29 is 64.6 Å². The number of nitrogens with one attached hydrogen (secondary N) is 1. The summed E-state index contributed by atoms with van der Waals surface area (Å²) in [4.78, 5) is 13.2. The molecule has 65 heavy (non-hydrogen) atoms. The van der Waals surface area contributed by atoms with Crippen LogP contribution in [0.2, 0.25) is 0 Å². The third-order valence-corrected chi connectivity index (χ3v) is 12.3. The summed E-state index contributed by atoms with van der Waals surface area (Å²) < 4.78 is 22.7. The molecule has 1 amide bonds. The highest BCUT2D eigenvalue weighted by Crippen LogP contribution is 2.30. The first-order valence-corrected chi connectivity index (χ1v) is 25.4. The van der Waals surface area contributed by atoms with E-state index in [2.05, 4.69) is 67.8 Å². The van der Waals surface area contributed by atoms with Gasteiger partial charge in [0.05, 0.1) is 32.0 Å². The number of carbonyl (C=O) groups is 1. The molecule has 9 N–H and O–H groups in total. The van der Waals surface area contributed by atoms with E-state index in [0.717, 1.165) is 64.2 Å². The topological polar surface area (TPSA) is 228 Å². The second kappa shape index (κ2) is 37.9. The monoisotopic (exact) mass is 926 g/mol. The lowest BCUT2D eigenvalue weighted by atomic mass is 9.97. The molecule has 2 fully saturated rings. The molecule has 0 aromatic carbocycles. The zero-order chi connectivity index (χ0) is 47.5. The minimum atomic E-state index is -1.79. The van der Waals surface area contributed by atoms with Gasteiger partial charge in [0, 0.05) is 6.42 Å². The first-order valence-electron chi connectivity index (χ1n) is 25.4. The number of carbonyl (C=O) groups excluding carboxylic acids is 1. The first-order chi connectivity index (χ1) is 31.6. The van der Waals surface area contributed by atoms with Crippen LogP contribution >= 0.6 is 0 Å². The highest BCUT2D eigenvalue weighted by atomic mass is 16.7. The summed E-state index contributed by atoms with van der Waals surface area (Å²) in [7, 11) is 0. The Morgan fingerprint density at radius 1 is 0.569 bits per heavy atom. The third-order valence-electron chi connectivity index (χ3n) is 12.3. The maximum atomic E-state index is 13.2.